The van der Waals surface area contributed by atoms with Gasteiger partial charge < -0.3 is 24.8 Å². The van der Waals surface area contributed by atoms with Gasteiger partial charge in [-0.3, -0.25) is 4.79 Å². The molecular weight excluding hydrogens is 417 g/mol. The number of carboxylic acids is 1. The number of carboxylic acid groups (broad SMARTS) is 1. The van der Waals surface area contributed by atoms with Crippen LogP contribution in [0.25, 0.3) is 0 Å². The summed E-state index contributed by atoms with van der Waals surface area (Å²) in [5.41, 5.74) is 0.470. The fourth-order valence-corrected chi connectivity index (χ4v) is 3.63. The largest absolute Gasteiger partial charge is 0.493 e. The minimum absolute atomic E-state index is 0.0352. The fraction of sp³-hybridized carbons (Fsp3) is 0.333. The third-order valence-corrected chi connectivity index (χ3v) is 5.07. The number of benzene rings is 2. The van der Waals surface area contributed by atoms with Crippen molar-refractivity contribution in [3.05, 3.63) is 53.1 Å². The van der Waals surface area contributed by atoms with Gasteiger partial charge in [0.15, 0.2) is 11.5 Å². The summed E-state index contributed by atoms with van der Waals surface area (Å²) in [5.74, 6) is -0.251. The second kappa shape index (κ2) is 8.75. The Balaban J connectivity index is 1.92. The van der Waals surface area contributed by atoms with Gasteiger partial charge in [-0.15, -0.1) is 0 Å². The van der Waals surface area contributed by atoms with Gasteiger partial charge >= 0.3 is 18.2 Å². The number of carbonyl (C=O) groups is 2. The van der Waals surface area contributed by atoms with E-state index in [0.29, 0.717) is 23.5 Å². The molecule has 166 valence electrons. The number of aliphatic carboxylic acids is 1. The van der Waals surface area contributed by atoms with Gasteiger partial charge in [0, 0.05) is 12.2 Å². The van der Waals surface area contributed by atoms with E-state index in [1.807, 2.05) is 0 Å². The second-order valence-electron chi connectivity index (χ2n) is 6.97. The lowest BCUT2D eigenvalue weighted by Gasteiger charge is -2.37. The van der Waals surface area contributed by atoms with Crippen LogP contribution in [0.5, 0.6) is 11.5 Å². The third kappa shape index (κ3) is 4.84. The van der Waals surface area contributed by atoms with E-state index < -0.39 is 29.8 Å². The highest BCUT2D eigenvalue weighted by molar-refractivity contribution is 5.90. The second-order valence-corrected chi connectivity index (χ2v) is 6.97. The number of carbonyl (C=O) groups excluding carboxylic acids is 1. The van der Waals surface area contributed by atoms with Crippen molar-refractivity contribution >= 4 is 17.7 Å². The highest BCUT2D eigenvalue weighted by atomic mass is 19.4. The summed E-state index contributed by atoms with van der Waals surface area (Å²) in [7, 11) is 2.92. The van der Waals surface area contributed by atoms with Crippen LogP contribution in [0.1, 0.15) is 29.2 Å². The maximum atomic E-state index is 13.0. The summed E-state index contributed by atoms with van der Waals surface area (Å²) in [4.78, 5) is 25.7. The Bertz CT molecular complexity index is 993. The van der Waals surface area contributed by atoms with Crippen LogP contribution >= 0.6 is 0 Å². The number of hydrogen-bond donors (Lipinski definition) is 2. The molecule has 3 rings (SSSR count). The van der Waals surface area contributed by atoms with Crippen molar-refractivity contribution in [2.75, 3.05) is 26.1 Å². The lowest BCUT2D eigenvalue weighted by Crippen LogP contribution is -2.43. The zero-order chi connectivity index (χ0) is 22.8. The Morgan fingerprint density at radius 2 is 1.84 bits per heavy atom. The number of methoxy groups -OCH3 is 2. The average molecular weight is 438 g/mol. The van der Waals surface area contributed by atoms with Crippen LogP contribution in [0.4, 0.5) is 23.7 Å². The molecule has 1 aliphatic rings. The average Bonchev–Trinajstić information content (AvgIpc) is 2.72. The molecule has 7 nitrogen and oxygen atoms in total. The number of ether oxygens (including phenoxy) is 2. The molecule has 1 heterocycles. The van der Waals surface area contributed by atoms with E-state index in [2.05, 4.69) is 5.32 Å². The molecule has 0 aliphatic carbocycles. The van der Waals surface area contributed by atoms with Gasteiger partial charge in [0.2, 0.25) is 0 Å². The summed E-state index contributed by atoms with van der Waals surface area (Å²) in [6, 6.07) is 6.12. The minimum Gasteiger partial charge on any atom is -0.493 e. The number of anilines is 1. The third-order valence-electron chi connectivity index (χ3n) is 5.07. The summed E-state index contributed by atoms with van der Waals surface area (Å²) in [6.07, 6.45) is -4.51. The zero-order valence-corrected chi connectivity index (χ0v) is 16.8. The number of halogens is 3. The van der Waals surface area contributed by atoms with Gasteiger partial charge in [-0.05, 0) is 47.9 Å². The lowest BCUT2D eigenvalue weighted by molar-refractivity contribution is -0.139. The number of fused-ring (bicyclic) bond motifs is 1. The standard InChI is InChI=1S/C21H21F3N2O5/c1-30-17-8-12-6-7-26(16(11-19(27)28)15(12)10-18(17)31-2)20(29)25-14-5-3-4-13(9-14)21(22,23)24/h3-5,8-10,16H,6-7,11H2,1-2H3,(H,25,29)(H,27,28). The predicted octanol–water partition coefficient (Wildman–Crippen LogP) is 4.33. The predicted molar refractivity (Wildman–Crippen MR) is 105 cm³/mol. The monoisotopic (exact) mass is 438 g/mol. The molecule has 0 bridgehead atoms. The van der Waals surface area contributed by atoms with Gasteiger partial charge in [-0.25, -0.2) is 4.79 Å². The highest BCUT2D eigenvalue weighted by Gasteiger charge is 2.34. The van der Waals surface area contributed by atoms with E-state index in [1.54, 1.807) is 12.1 Å². The van der Waals surface area contributed by atoms with E-state index in [1.165, 1.54) is 31.3 Å². The number of alkyl halides is 3. The van der Waals surface area contributed by atoms with E-state index in [4.69, 9.17) is 9.47 Å². The highest BCUT2D eigenvalue weighted by Crippen LogP contribution is 2.40. The van der Waals surface area contributed by atoms with Gasteiger partial charge in [0.05, 0.1) is 32.2 Å². The molecule has 0 saturated carbocycles. The van der Waals surface area contributed by atoms with Gasteiger partial charge in [0.1, 0.15) is 0 Å². The van der Waals surface area contributed by atoms with E-state index in [-0.39, 0.29) is 18.7 Å². The Hall–Kier alpha value is -3.43. The molecule has 31 heavy (non-hydrogen) atoms. The number of urea groups is 1. The van der Waals surface area contributed by atoms with Crippen molar-refractivity contribution in [1.82, 2.24) is 4.90 Å². The van der Waals surface area contributed by atoms with Crippen LogP contribution in [-0.2, 0) is 17.4 Å². The molecular formula is C21H21F3N2O5. The Labute approximate surface area is 176 Å². The number of rotatable bonds is 5. The maximum absolute atomic E-state index is 13.0. The first-order chi connectivity index (χ1) is 14.6. The minimum atomic E-state index is -4.55. The molecule has 2 aromatic carbocycles. The van der Waals surface area contributed by atoms with Crippen molar-refractivity contribution in [1.29, 1.82) is 0 Å². The molecule has 10 heteroatoms. The van der Waals surface area contributed by atoms with E-state index in [0.717, 1.165) is 17.7 Å². The summed E-state index contributed by atoms with van der Waals surface area (Å²) >= 11 is 0. The summed E-state index contributed by atoms with van der Waals surface area (Å²) in [6.45, 7) is 0.186. The van der Waals surface area contributed by atoms with E-state index >= 15 is 0 Å². The van der Waals surface area contributed by atoms with E-state index in [9.17, 15) is 27.9 Å². The quantitative estimate of drug-likeness (QED) is 0.726. The summed E-state index contributed by atoms with van der Waals surface area (Å²) < 4.78 is 49.4. The van der Waals surface area contributed by atoms with Crippen molar-refractivity contribution in [3.8, 4) is 11.5 Å². The Morgan fingerprint density at radius 3 is 2.45 bits per heavy atom. The van der Waals surface area contributed by atoms with Crippen molar-refractivity contribution in [3.63, 3.8) is 0 Å². The normalized spacial score (nSPS) is 15.8. The summed E-state index contributed by atoms with van der Waals surface area (Å²) in [5, 5.41) is 11.8. The fourth-order valence-electron chi connectivity index (χ4n) is 3.63. The molecule has 2 N–H and O–H groups in total. The lowest BCUT2D eigenvalue weighted by atomic mass is 9.90. The molecule has 2 aromatic rings. The van der Waals surface area contributed by atoms with Crippen LogP contribution < -0.4 is 14.8 Å². The SMILES string of the molecule is COc1cc2c(cc1OC)C(CC(=O)O)N(C(=O)Nc1cccc(C(F)(F)F)c1)CC2. The molecule has 2 amide bonds. The first-order valence-electron chi connectivity index (χ1n) is 9.35. The molecule has 1 atom stereocenters. The van der Waals surface area contributed by atoms with Gasteiger partial charge in [-0.2, -0.15) is 13.2 Å². The first kappa shape index (κ1) is 22.3. The van der Waals surface area contributed by atoms with Crippen LogP contribution in [0.3, 0.4) is 0 Å². The van der Waals surface area contributed by atoms with Crippen LogP contribution in [0.2, 0.25) is 0 Å². The van der Waals surface area contributed by atoms with Crippen molar-refractivity contribution < 1.29 is 37.3 Å². The molecule has 0 spiro atoms. The number of amides is 2. The molecule has 0 fully saturated rings. The molecule has 1 unspecified atom stereocenters. The molecule has 1 aliphatic heterocycles. The topological polar surface area (TPSA) is 88.1 Å². The van der Waals surface area contributed by atoms with Crippen molar-refractivity contribution in [2.45, 2.75) is 25.1 Å². The zero-order valence-electron chi connectivity index (χ0n) is 16.8. The number of hydrogen-bond acceptors (Lipinski definition) is 4. The van der Waals surface area contributed by atoms with Gasteiger partial charge in [-0.1, -0.05) is 6.07 Å². The Morgan fingerprint density at radius 1 is 1.16 bits per heavy atom. The smallest absolute Gasteiger partial charge is 0.416 e. The van der Waals surface area contributed by atoms with Crippen LogP contribution in [0.15, 0.2) is 36.4 Å². The molecule has 0 saturated heterocycles. The van der Waals surface area contributed by atoms with Gasteiger partial charge in [0.25, 0.3) is 0 Å². The Kier molecular flexibility index (Phi) is 6.28. The van der Waals surface area contributed by atoms with Crippen LogP contribution in [0, 0.1) is 0 Å². The number of nitrogens with zero attached hydrogens (tertiary/aromatic N) is 1. The first-order valence-corrected chi connectivity index (χ1v) is 9.35. The molecule has 0 radical (unpaired) electrons. The van der Waals surface area contributed by atoms with Crippen molar-refractivity contribution in [2.24, 2.45) is 0 Å². The van der Waals surface area contributed by atoms with Crippen LogP contribution in [-0.4, -0.2) is 42.8 Å². The number of nitrogens with one attached hydrogen (secondary N) is 1. The molecule has 0 aromatic heterocycles. The maximum Gasteiger partial charge on any atom is 0.416 e.